The summed E-state index contributed by atoms with van der Waals surface area (Å²) in [6.07, 6.45) is 70.5. The summed E-state index contributed by atoms with van der Waals surface area (Å²) in [5.74, 6) is -0.210. The van der Waals surface area contributed by atoms with Crippen molar-refractivity contribution < 1.29 is 19.4 Å². The standard InChI is InChI=1S/C53H90O4/c1-3-5-7-9-11-13-15-17-19-21-23-25-27-28-30-32-34-36-38-40-42-44-46-48-53(55)57-52(50-54)51-56-49-47-45-43-41-39-37-35-33-31-29-26-24-22-20-18-16-14-12-10-8-6-4-2/h5-8,11-14,17-20,23-26,52,54H,3-4,9-10,15-16,21-22,27-51H2,1-2H3/b7-5-,8-6-,13-11-,14-12-,19-17-,20-18-,25-23-,26-24-. The van der Waals surface area contributed by atoms with Gasteiger partial charge in [0.2, 0.25) is 0 Å². The first-order valence-electron chi connectivity index (χ1n) is 23.8. The summed E-state index contributed by atoms with van der Waals surface area (Å²) >= 11 is 0. The first kappa shape index (κ1) is 54.3. The molecular weight excluding hydrogens is 701 g/mol. The molecule has 0 radical (unpaired) electrons. The van der Waals surface area contributed by atoms with E-state index in [1.54, 1.807) is 0 Å². The van der Waals surface area contributed by atoms with E-state index in [4.69, 9.17) is 9.47 Å². The summed E-state index contributed by atoms with van der Waals surface area (Å²) in [5, 5.41) is 9.64. The van der Waals surface area contributed by atoms with Crippen LogP contribution in [0.15, 0.2) is 97.2 Å². The minimum Gasteiger partial charge on any atom is -0.457 e. The molecule has 0 amide bonds. The predicted molar refractivity (Wildman–Crippen MR) is 251 cm³/mol. The van der Waals surface area contributed by atoms with E-state index in [2.05, 4.69) is 111 Å². The topological polar surface area (TPSA) is 55.8 Å². The molecule has 0 rings (SSSR count). The second-order valence-corrected chi connectivity index (χ2v) is 15.4. The van der Waals surface area contributed by atoms with Crippen LogP contribution in [0.3, 0.4) is 0 Å². The van der Waals surface area contributed by atoms with E-state index in [9.17, 15) is 9.90 Å². The first-order valence-corrected chi connectivity index (χ1v) is 23.8. The van der Waals surface area contributed by atoms with Gasteiger partial charge in [0, 0.05) is 13.0 Å². The highest BCUT2D eigenvalue weighted by Gasteiger charge is 2.13. The van der Waals surface area contributed by atoms with Crippen LogP contribution in [0.4, 0.5) is 0 Å². The molecule has 0 aromatic heterocycles. The maximum Gasteiger partial charge on any atom is 0.306 e. The van der Waals surface area contributed by atoms with Gasteiger partial charge in [-0.25, -0.2) is 0 Å². The normalized spacial score (nSPS) is 13.2. The molecule has 4 heteroatoms. The molecule has 0 aliphatic carbocycles. The lowest BCUT2D eigenvalue weighted by molar-refractivity contribution is -0.154. The monoisotopic (exact) mass is 791 g/mol. The van der Waals surface area contributed by atoms with E-state index < -0.39 is 6.10 Å². The third-order valence-corrected chi connectivity index (χ3v) is 9.90. The van der Waals surface area contributed by atoms with Crippen LogP contribution in [0.2, 0.25) is 0 Å². The van der Waals surface area contributed by atoms with Crippen molar-refractivity contribution >= 4 is 5.97 Å². The smallest absolute Gasteiger partial charge is 0.306 e. The molecule has 0 fully saturated rings. The molecule has 0 aromatic carbocycles. The number of allylic oxidation sites excluding steroid dienone is 16. The Labute approximate surface area is 353 Å². The van der Waals surface area contributed by atoms with Gasteiger partial charge in [-0.3, -0.25) is 4.79 Å². The molecule has 1 N–H and O–H groups in total. The molecule has 0 aliphatic rings. The van der Waals surface area contributed by atoms with Gasteiger partial charge in [-0.05, 0) is 89.9 Å². The van der Waals surface area contributed by atoms with E-state index >= 15 is 0 Å². The Hall–Kier alpha value is -2.69. The molecule has 4 nitrogen and oxygen atoms in total. The Morgan fingerprint density at radius 1 is 0.421 bits per heavy atom. The number of carbonyl (C=O) groups is 1. The van der Waals surface area contributed by atoms with Crippen molar-refractivity contribution in [3.05, 3.63) is 97.2 Å². The van der Waals surface area contributed by atoms with Crippen LogP contribution < -0.4 is 0 Å². The first-order chi connectivity index (χ1) is 28.2. The molecule has 0 spiro atoms. The molecule has 1 unspecified atom stereocenters. The van der Waals surface area contributed by atoms with Crippen LogP contribution in [-0.4, -0.2) is 37.0 Å². The number of aliphatic hydroxyl groups is 1. The zero-order chi connectivity index (χ0) is 41.2. The largest absolute Gasteiger partial charge is 0.457 e. The number of hydrogen-bond donors (Lipinski definition) is 1. The van der Waals surface area contributed by atoms with Crippen molar-refractivity contribution in [1.82, 2.24) is 0 Å². The summed E-state index contributed by atoms with van der Waals surface area (Å²) in [6, 6.07) is 0. The van der Waals surface area contributed by atoms with Gasteiger partial charge in [0.05, 0.1) is 13.2 Å². The second-order valence-electron chi connectivity index (χ2n) is 15.4. The lowest BCUT2D eigenvalue weighted by Crippen LogP contribution is -2.27. The predicted octanol–water partition coefficient (Wildman–Crippen LogP) is 16.1. The second kappa shape index (κ2) is 49.5. The minimum atomic E-state index is -0.547. The fraction of sp³-hybridized carbons (Fsp3) is 0.679. The van der Waals surface area contributed by atoms with Crippen LogP contribution in [0, 0.1) is 0 Å². The van der Waals surface area contributed by atoms with Crippen molar-refractivity contribution in [1.29, 1.82) is 0 Å². The summed E-state index contributed by atoms with van der Waals surface area (Å²) < 4.78 is 11.2. The van der Waals surface area contributed by atoms with Crippen LogP contribution >= 0.6 is 0 Å². The van der Waals surface area contributed by atoms with Crippen molar-refractivity contribution in [2.75, 3.05) is 19.8 Å². The van der Waals surface area contributed by atoms with Crippen molar-refractivity contribution in [3.8, 4) is 0 Å². The highest BCUT2D eigenvalue weighted by atomic mass is 16.6. The average Bonchev–Trinajstić information content (AvgIpc) is 3.22. The molecule has 326 valence electrons. The highest BCUT2D eigenvalue weighted by Crippen LogP contribution is 2.14. The quantitative estimate of drug-likeness (QED) is 0.0380. The third-order valence-electron chi connectivity index (χ3n) is 9.90. The molecule has 0 saturated heterocycles. The summed E-state index contributed by atoms with van der Waals surface area (Å²) in [7, 11) is 0. The van der Waals surface area contributed by atoms with Gasteiger partial charge in [0.1, 0.15) is 6.10 Å². The van der Waals surface area contributed by atoms with Gasteiger partial charge in [-0.2, -0.15) is 0 Å². The van der Waals surface area contributed by atoms with Gasteiger partial charge in [-0.1, -0.05) is 207 Å². The van der Waals surface area contributed by atoms with Crippen molar-refractivity contribution in [3.63, 3.8) is 0 Å². The maximum atomic E-state index is 12.3. The number of ether oxygens (including phenoxy) is 2. The zero-order valence-electron chi connectivity index (χ0n) is 37.3. The van der Waals surface area contributed by atoms with E-state index in [-0.39, 0.29) is 19.2 Å². The molecule has 0 bridgehead atoms. The Morgan fingerprint density at radius 3 is 1.11 bits per heavy atom. The molecule has 0 heterocycles. The van der Waals surface area contributed by atoms with Crippen LogP contribution in [0.5, 0.6) is 0 Å². The maximum absolute atomic E-state index is 12.3. The Morgan fingerprint density at radius 2 is 0.737 bits per heavy atom. The SMILES string of the molecule is CC/C=C\C/C=C\C/C=C\C/C=C\CCCCCCCCCCCCC(=O)OC(CO)COCCCCCCCCCCC/C=C\C/C=C\C/C=C\C/C=C\CC. The fourth-order valence-electron chi connectivity index (χ4n) is 6.43. The molecule has 1 atom stereocenters. The fourth-order valence-corrected chi connectivity index (χ4v) is 6.43. The molecular formula is C53H90O4. The van der Waals surface area contributed by atoms with Gasteiger partial charge in [0.15, 0.2) is 0 Å². The number of rotatable bonds is 43. The number of hydrogen-bond acceptors (Lipinski definition) is 4. The lowest BCUT2D eigenvalue weighted by Gasteiger charge is -2.16. The molecule has 0 aliphatic heterocycles. The summed E-state index contributed by atoms with van der Waals surface area (Å²) in [5.41, 5.74) is 0. The molecule has 0 aromatic rings. The van der Waals surface area contributed by atoms with Crippen LogP contribution in [-0.2, 0) is 14.3 Å². The van der Waals surface area contributed by atoms with E-state index in [1.165, 1.54) is 116 Å². The summed E-state index contributed by atoms with van der Waals surface area (Å²) in [6.45, 7) is 5.10. The lowest BCUT2D eigenvalue weighted by atomic mass is 10.0. The number of carbonyl (C=O) groups excluding carboxylic acids is 1. The average molecular weight is 791 g/mol. The molecule has 57 heavy (non-hydrogen) atoms. The van der Waals surface area contributed by atoms with Crippen LogP contribution in [0.25, 0.3) is 0 Å². The van der Waals surface area contributed by atoms with E-state index in [0.717, 1.165) is 70.6 Å². The van der Waals surface area contributed by atoms with Crippen LogP contribution in [0.1, 0.15) is 206 Å². The van der Waals surface area contributed by atoms with Gasteiger partial charge in [0.25, 0.3) is 0 Å². The van der Waals surface area contributed by atoms with E-state index in [1.807, 2.05) is 0 Å². The number of unbranched alkanes of at least 4 members (excludes halogenated alkanes) is 19. The summed E-state index contributed by atoms with van der Waals surface area (Å²) in [4.78, 5) is 12.3. The third kappa shape index (κ3) is 47.6. The van der Waals surface area contributed by atoms with Gasteiger partial charge >= 0.3 is 5.97 Å². The van der Waals surface area contributed by atoms with Crippen molar-refractivity contribution in [2.45, 2.75) is 213 Å². The number of aliphatic hydroxyl groups excluding tert-OH is 1. The van der Waals surface area contributed by atoms with Gasteiger partial charge < -0.3 is 14.6 Å². The zero-order valence-corrected chi connectivity index (χ0v) is 37.3. The molecule has 0 saturated carbocycles. The highest BCUT2D eigenvalue weighted by molar-refractivity contribution is 5.69. The number of esters is 1. The van der Waals surface area contributed by atoms with Crippen molar-refractivity contribution in [2.24, 2.45) is 0 Å². The Bertz CT molecular complexity index is 1060. The Kier molecular flexibility index (Phi) is 47.1. The Balaban J connectivity index is 3.47. The van der Waals surface area contributed by atoms with E-state index in [0.29, 0.717) is 13.0 Å². The minimum absolute atomic E-state index is 0.181. The van der Waals surface area contributed by atoms with Gasteiger partial charge in [-0.15, -0.1) is 0 Å².